The summed E-state index contributed by atoms with van der Waals surface area (Å²) >= 11 is 7.40. The van der Waals surface area contributed by atoms with Gasteiger partial charge in [0, 0.05) is 21.7 Å². The molecule has 21 heavy (non-hydrogen) atoms. The molecule has 112 valence electrons. The number of rotatable bonds is 4. The number of hydrogen-bond acceptors (Lipinski definition) is 3. The van der Waals surface area contributed by atoms with E-state index in [4.69, 9.17) is 17.3 Å². The van der Waals surface area contributed by atoms with Gasteiger partial charge in [0.2, 0.25) is 0 Å². The topological polar surface area (TPSA) is 55.1 Å². The van der Waals surface area contributed by atoms with E-state index in [0.717, 1.165) is 23.1 Å². The summed E-state index contributed by atoms with van der Waals surface area (Å²) in [5.41, 5.74) is 6.98. The third kappa shape index (κ3) is 2.62. The molecule has 3 nitrogen and oxygen atoms in total. The predicted octanol–water partition coefficient (Wildman–Crippen LogP) is 4.45. The first-order valence-electron chi connectivity index (χ1n) is 7.30. The van der Waals surface area contributed by atoms with Gasteiger partial charge in [-0.25, -0.2) is 0 Å². The fraction of sp³-hybridized carbons (Fsp3) is 0.438. The van der Waals surface area contributed by atoms with E-state index in [1.165, 1.54) is 30.6 Å². The van der Waals surface area contributed by atoms with E-state index in [0.29, 0.717) is 21.0 Å². The molecular formula is C16H19ClN2OS. The third-order valence-electron chi connectivity index (χ3n) is 4.68. The van der Waals surface area contributed by atoms with Crippen molar-refractivity contribution in [1.82, 2.24) is 5.32 Å². The molecule has 1 aliphatic carbocycles. The van der Waals surface area contributed by atoms with E-state index < -0.39 is 0 Å². The lowest BCUT2D eigenvalue weighted by molar-refractivity contribution is 0.0854. The largest absolute Gasteiger partial charge is 0.397 e. The molecule has 0 saturated heterocycles. The molecule has 1 aromatic heterocycles. The quantitative estimate of drug-likeness (QED) is 0.874. The Hall–Kier alpha value is -1.26. The van der Waals surface area contributed by atoms with Crippen LogP contribution < -0.4 is 11.1 Å². The predicted molar refractivity (Wildman–Crippen MR) is 90.2 cm³/mol. The number of anilines is 1. The van der Waals surface area contributed by atoms with E-state index >= 15 is 0 Å². The van der Waals surface area contributed by atoms with E-state index in [2.05, 4.69) is 12.2 Å². The van der Waals surface area contributed by atoms with Gasteiger partial charge in [0.25, 0.3) is 5.91 Å². The Morgan fingerprint density at radius 3 is 2.86 bits per heavy atom. The summed E-state index contributed by atoms with van der Waals surface area (Å²) < 4.78 is 0.957. The normalized spacial score (nSPS) is 16.7. The van der Waals surface area contributed by atoms with Crippen molar-refractivity contribution in [3.63, 3.8) is 0 Å². The molecule has 0 bridgehead atoms. The fourth-order valence-electron chi connectivity index (χ4n) is 2.94. The Morgan fingerprint density at radius 1 is 1.48 bits per heavy atom. The van der Waals surface area contributed by atoms with Crippen LogP contribution in [0.5, 0.6) is 0 Å². The van der Waals surface area contributed by atoms with Crippen LogP contribution in [0.1, 0.15) is 42.3 Å². The van der Waals surface area contributed by atoms with Crippen LogP contribution in [0.25, 0.3) is 10.1 Å². The first kappa shape index (κ1) is 14.7. The number of nitrogen functional groups attached to an aromatic ring is 1. The Bertz CT molecular complexity index is 685. The van der Waals surface area contributed by atoms with Crippen molar-refractivity contribution in [1.29, 1.82) is 0 Å². The molecule has 2 aromatic rings. The molecule has 0 spiro atoms. The van der Waals surface area contributed by atoms with Crippen LogP contribution in [-0.2, 0) is 0 Å². The first-order valence-corrected chi connectivity index (χ1v) is 8.50. The van der Waals surface area contributed by atoms with Gasteiger partial charge in [-0.1, -0.05) is 24.9 Å². The summed E-state index contributed by atoms with van der Waals surface area (Å²) in [7, 11) is 0. The van der Waals surface area contributed by atoms with Gasteiger partial charge < -0.3 is 11.1 Å². The molecular weight excluding hydrogens is 304 g/mol. The van der Waals surface area contributed by atoms with Crippen molar-refractivity contribution in [3.05, 3.63) is 28.1 Å². The Morgan fingerprint density at radius 2 is 2.24 bits per heavy atom. The lowest BCUT2D eigenvalue weighted by Crippen LogP contribution is -2.41. The molecule has 1 heterocycles. The second-order valence-electron chi connectivity index (χ2n) is 5.88. The molecule has 3 N–H and O–H groups in total. The second-order valence-corrected chi connectivity index (χ2v) is 7.36. The lowest BCUT2D eigenvalue weighted by atomic mass is 9.67. The Labute approximate surface area is 133 Å². The molecule has 1 aliphatic rings. The summed E-state index contributed by atoms with van der Waals surface area (Å²) in [6.45, 7) is 2.94. The number of amides is 1. The molecule has 0 aliphatic heterocycles. The molecule has 1 aromatic carbocycles. The summed E-state index contributed by atoms with van der Waals surface area (Å²) in [6.07, 6.45) is 4.81. The SMILES string of the molecule is CCC1(CNC(=O)c2sc3cc(Cl)ccc3c2N)CCC1. The van der Waals surface area contributed by atoms with Gasteiger partial charge in [0.05, 0.1) is 5.69 Å². The molecule has 1 fully saturated rings. The van der Waals surface area contributed by atoms with Gasteiger partial charge in [0.15, 0.2) is 0 Å². The van der Waals surface area contributed by atoms with E-state index in [1.807, 2.05) is 12.1 Å². The monoisotopic (exact) mass is 322 g/mol. The molecule has 0 atom stereocenters. The molecule has 0 radical (unpaired) electrons. The van der Waals surface area contributed by atoms with E-state index in [-0.39, 0.29) is 5.91 Å². The molecule has 1 saturated carbocycles. The summed E-state index contributed by atoms with van der Waals surface area (Å²) in [4.78, 5) is 13.0. The van der Waals surface area contributed by atoms with Crippen molar-refractivity contribution < 1.29 is 4.79 Å². The highest BCUT2D eigenvalue weighted by Crippen LogP contribution is 2.43. The number of hydrogen-bond donors (Lipinski definition) is 2. The minimum atomic E-state index is -0.0652. The number of fused-ring (bicyclic) bond motifs is 1. The van der Waals surface area contributed by atoms with Gasteiger partial charge in [-0.2, -0.15) is 0 Å². The van der Waals surface area contributed by atoms with Crippen LogP contribution in [0.3, 0.4) is 0 Å². The maximum Gasteiger partial charge on any atom is 0.263 e. The standard InChI is InChI=1S/C16H19ClN2OS/c1-2-16(6-3-7-16)9-19-15(20)14-13(18)11-5-4-10(17)8-12(11)21-14/h4-5,8H,2-3,6-7,9,18H2,1H3,(H,19,20). The molecule has 3 rings (SSSR count). The average Bonchev–Trinajstić information content (AvgIpc) is 2.74. The van der Waals surface area contributed by atoms with Crippen LogP contribution in [0, 0.1) is 5.41 Å². The van der Waals surface area contributed by atoms with Gasteiger partial charge in [0.1, 0.15) is 4.88 Å². The van der Waals surface area contributed by atoms with Crippen molar-refractivity contribution in [2.75, 3.05) is 12.3 Å². The Balaban J connectivity index is 1.80. The molecule has 1 amide bonds. The van der Waals surface area contributed by atoms with Gasteiger partial charge in [-0.3, -0.25) is 4.79 Å². The number of carbonyl (C=O) groups excluding carboxylic acids is 1. The third-order valence-corrected chi connectivity index (χ3v) is 6.09. The van der Waals surface area contributed by atoms with Crippen LogP contribution in [0.15, 0.2) is 18.2 Å². The Kier molecular flexibility index (Phi) is 3.84. The highest BCUT2D eigenvalue weighted by Gasteiger charge is 2.35. The summed E-state index contributed by atoms with van der Waals surface area (Å²) in [5.74, 6) is -0.0652. The first-order chi connectivity index (χ1) is 10.0. The van der Waals surface area contributed by atoms with Gasteiger partial charge >= 0.3 is 0 Å². The van der Waals surface area contributed by atoms with Crippen molar-refractivity contribution in [2.45, 2.75) is 32.6 Å². The molecule has 5 heteroatoms. The van der Waals surface area contributed by atoms with Crippen LogP contribution in [0.4, 0.5) is 5.69 Å². The number of halogens is 1. The number of nitrogens with one attached hydrogen (secondary N) is 1. The number of thiophene rings is 1. The van der Waals surface area contributed by atoms with Crippen molar-refractivity contribution in [3.8, 4) is 0 Å². The average molecular weight is 323 g/mol. The summed E-state index contributed by atoms with van der Waals surface area (Å²) in [6, 6.07) is 5.53. The zero-order valence-corrected chi connectivity index (χ0v) is 13.6. The van der Waals surface area contributed by atoms with Gasteiger partial charge in [-0.15, -0.1) is 11.3 Å². The fourth-order valence-corrected chi connectivity index (χ4v) is 4.25. The smallest absolute Gasteiger partial charge is 0.263 e. The lowest BCUT2D eigenvalue weighted by Gasteiger charge is -2.41. The minimum Gasteiger partial charge on any atom is -0.397 e. The minimum absolute atomic E-state index is 0.0652. The van der Waals surface area contributed by atoms with E-state index in [1.54, 1.807) is 6.07 Å². The van der Waals surface area contributed by atoms with Gasteiger partial charge in [-0.05, 0) is 42.9 Å². The maximum absolute atomic E-state index is 12.4. The number of nitrogens with two attached hydrogens (primary N) is 1. The van der Waals surface area contributed by atoms with Crippen molar-refractivity contribution in [2.24, 2.45) is 5.41 Å². The van der Waals surface area contributed by atoms with Crippen molar-refractivity contribution >= 4 is 44.6 Å². The highest BCUT2D eigenvalue weighted by molar-refractivity contribution is 7.21. The zero-order chi connectivity index (χ0) is 15.0. The second kappa shape index (κ2) is 5.50. The maximum atomic E-state index is 12.4. The van der Waals surface area contributed by atoms with Crippen LogP contribution in [-0.4, -0.2) is 12.5 Å². The van der Waals surface area contributed by atoms with Crippen LogP contribution >= 0.6 is 22.9 Å². The number of benzene rings is 1. The molecule has 0 unspecified atom stereocenters. The van der Waals surface area contributed by atoms with E-state index in [9.17, 15) is 4.79 Å². The van der Waals surface area contributed by atoms with Crippen LogP contribution in [0.2, 0.25) is 5.02 Å². The highest BCUT2D eigenvalue weighted by atomic mass is 35.5. The summed E-state index contributed by atoms with van der Waals surface area (Å²) in [5, 5.41) is 4.64. The zero-order valence-electron chi connectivity index (χ0n) is 12.0. The number of carbonyl (C=O) groups is 1.